The minimum Gasteiger partial charge on any atom is -0.481 e. The third-order valence-corrected chi connectivity index (χ3v) is 3.40. The molecule has 0 radical (unpaired) electrons. The largest absolute Gasteiger partial charge is 0.481 e. The van der Waals surface area contributed by atoms with E-state index < -0.39 is 6.10 Å². The molecule has 1 N–H and O–H groups in total. The number of benzene rings is 2. The van der Waals surface area contributed by atoms with Crippen LogP contribution in [0.15, 0.2) is 48.5 Å². The van der Waals surface area contributed by atoms with Gasteiger partial charge < -0.3 is 14.8 Å². The first-order chi connectivity index (χ1) is 11.8. The van der Waals surface area contributed by atoms with Gasteiger partial charge in [0.05, 0.1) is 11.7 Å². The molecular formula is C20H23NO4. The average Bonchev–Trinajstić information content (AvgIpc) is 2.54. The Kier molecular flexibility index (Phi) is 6.17. The fourth-order valence-electron chi connectivity index (χ4n) is 2.16. The molecule has 2 aromatic rings. The van der Waals surface area contributed by atoms with E-state index in [0.717, 1.165) is 5.56 Å². The van der Waals surface area contributed by atoms with Gasteiger partial charge in [0, 0.05) is 5.69 Å². The number of nitrogens with one attached hydrogen (secondary N) is 1. The third-order valence-electron chi connectivity index (χ3n) is 3.40. The van der Waals surface area contributed by atoms with Crippen molar-refractivity contribution < 1.29 is 19.1 Å². The van der Waals surface area contributed by atoms with Gasteiger partial charge in [-0.3, -0.25) is 4.79 Å². The minimum atomic E-state index is -0.646. The molecule has 5 heteroatoms. The number of hydrogen-bond donors (Lipinski definition) is 1. The normalized spacial score (nSPS) is 11.7. The van der Waals surface area contributed by atoms with Crippen LogP contribution in [0.5, 0.6) is 5.75 Å². The van der Waals surface area contributed by atoms with E-state index in [0.29, 0.717) is 17.0 Å². The number of esters is 1. The third kappa shape index (κ3) is 5.64. The van der Waals surface area contributed by atoms with Gasteiger partial charge in [0.15, 0.2) is 6.10 Å². The molecule has 0 bridgehead atoms. The van der Waals surface area contributed by atoms with Crippen molar-refractivity contribution >= 4 is 17.6 Å². The highest BCUT2D eigenvalue weighted by Gasteiger charge is 2.15. The number of carbonyl (C=O) groups is 2. The van der Waals surface area contributed by atoms with Crippen molar-refractivity contribution in [2.24, 2.45) is 0 Å². The Morgan fingerprint density at radius 3 is 2.28 bits per heavy atom. The van der Waals surface area contributed by atoms with Crippen LogP contribution in [0, 0.1) is 6.92 Å². The molecule has 0 saturated heterocycles. The van der Waals surface area contributed by atoms with E-state index in [9.17, 15) is 9.59 Å². The Hall–Kier alpha value is -2.82. The van der Waals surface area contributed by atoms with E-state index in [-0.39, 0.29) is 18.0 Å². The lowest BCUT2D eigenvalue weighted by molar-refractivity contribution is -0.122. The molecule has 0 aliphatic rings. The summed E-state index contributed by atoms with van der Waals surface area (Å²) in [6.45, 7) is 7.24. The first-order valence-corrected chi connectivity index (χ1v) is 8.20. The minimum absolute atomic E-state index is 0.175. The van der Waals surface area contributed by atoms with Crippen LogP contribution in [0.4, 0.5) is 5.69 Å². The zero-order chi connectivity index (χ0) is 18.4. The van der Waals surface area contributed by atoms with Gasteiger partial charge in [-0.1, -0.05) is 12.1 Å². The van der Waals surface area contributed by atoms with Gasteiger partial charge in [0.25, 0.3) is 5.91 Å². The van der Waals surface area contributed by atoms with Gasteiger partial charge in [0.2, 0.25) is 0 Å². The zero-order valence-corrected chi connectivity index (χ0v) is 14.9. The molecule has 0 aliphatic heterocycles. The van der Waals surface area contributed by atoms with Crippen molar-refractivity contribution in [1.29, 1.82) is 0 Å². The van der Waals surface area contributed by atoms with Crippen LogP contribution in [0.2, 0.25) is 0 Å². The SMILES string of the molecule is Cc1cccc(OC(C)C(=O)Nc2ccc(C(=O)OC(C)C)cc2)c1. The predicted octanol–water partition coefficient (Wildman–Crippen LogP) is 3.97. The number of carbonyl (C=O) groups excluding carboxylic acids is 2. The molecule has 0 saturated carbocycles. The van der Waals surface area contributed by atoms with Gasteiger partial charge in [-0.05, 0) is 69.7 Å². The number of aryl methyl sites for hydroxylation is 1. The van der Waals surface area contributed by atoms with Crippen LogP contribution < -0.4 is 10.1 Å². The van der Waals surface area contributed by atoms with Crippen molar-refractivity contribution in [3.05, 3.63) is 59.7 Å². The Labute approximate surface area is 148 Å². The van der Waals surface area contributed by atoms with Crippen LogP contribution in [-0.4, -0.2) is 24.1 Å². The number of ether oxygens (including phenoxy) is 2. The van der Waals surface area contributed by atoms with Crippen molar-refractivity contribution in [1.82, 2.24) is 0 Å². The lowest BCUT2D eigenvalue weighted by Gasteiger charge is -2.15. The quantitative estimate of drug-likeness (QED) is 0.808. The lowest BCUT2D eigenvalue weighted by Crippen LogP contribution is -2.30. The van der Waals surface area contributed by atoms with Gasteiger partial charge in [-0.2, -0.15) is 0 Å². The molecule has 1 unspecified atom stereocenters. The fourth-order valence-corrected chi connectivity index (χ4v) is 2.16. The smallest absolute Gasteiger partial charge is 0.338 e. The summed E-state index contributed by atoms with van der Waals surface area (Å²) in [6, 6.07) is 14.1. The molecule has 132 valence electrons. The molecule has 1 atom stereocenters. The van der Waals surface area contributed by atoms with Crippen molar-refractivity contribution in [3.63, 3.8) is 0 Å². The molecule has 0 fully saturated rings. The van der Waals surface area contributed by atoms with Gasteiger partial charge in [-0.25, -0.2) is 4.79 Å². The number of rotatable bonds is 6. The Morgan fingerprint density at radius 2 is 1.68 bits per heavy atom. The van der Waals surface area contributed by atoms with E-state index in [2.05, 4.69) is 5.32 Å². The molecule has 0 spiro atoms. The van der Waals surface area contributed by atoms with Gasteiger partial charge in [0.1, 0.15) is 5.75 Å². The molecule has 5 nitrogen and oxygen atoms in total. The second-order valence-electron chi connectivity index (χ2n) is 6.10. The van der Waals surface area contributed by atoms with E-state index in [4.69, 9.17) is 9.47 Å². The first-order valence-electron chi connectivity index (χ1n) is 8.20. The molecule has 25 heavy (non-hydrogen) atoms. The first kappa shape index (κ1) is 18.5. The summed E-state index contributed by atoms with van der Waals surface area (Å²) < 4.78 is 10.8. The summed E-state index contributed by atoms with van der Waals surface area (Å²) in [7, 11) is 0. The molecule has 2 rings (SSSR count). The summed E-state index contributed by atoms with van der Waals surface area (Å²) in [5, 5.41) is 2.77. The molecule has 0 aliphatic carbocycles. The highest BCUT2D eigenvalue weighted by atomic mass is 16.5. The standard InChI is InChI=1S/C20H23NO4/c1-13(2)24-20(23)16-8-10-17(11-9-16)21-19(22)15(4)25-18-7-5-6-14(3)12-18/h5-13,15H,1-4H3,(H,21,22). The van der Waals surface area contributed by atoms with Crippen LogP contribution in [0.3, 0.4) is 0 Å². The van der Waals surface area contributed by atoms with E-state index >= 15 is 0 Å². The summed E-state index contributed by atoms with van der Waals surface area (Å²) in [5.74, 6) is -0.00235. The van der Waals surface area contributed by atoms with Crippen molar-refractivity contribution in [3.8, 4) is 5.75 Å². The maximum Gasteiger partial charge on any atom is 0.338 e. The van der Waals surface area contributed by atoms with Crippen molar-refractivity contribution in [2.45, 2.75) is 39.9 Å². The maximum atomic E-state index is 12.2. The summed E-state index contributed by atoms with van der Waals surface area (Å²) in [5.41, 5.74) is 2.09. The maximum absolute atomic E-state index is 12.2. The van der Waals surface area contributed by atoms with Crippen LogP contribution >= 0.6 is 0 Å². The molecule has 2 aromatic carbocycles. The number of anilines is 1. The second kappa shape index (κ2) is 8.33. The van der Waals surface area contributed by atoms with Crippen LogP contribution in [-0.2, 0) is 9.53 Å². The van der Waals surface area contributed by atoms with E-state index in [1.165, 1.54) is 0 Å². The van der Waals surface area contributed by atoms with Crippen molar-refractivity contribution in [2.75, 3.05) is 5.32 Å². The Morgan fingerprint density at radius 1 is 1.00 bits per heavy atom. The Balaban J connectivity index is 1.94. The lowest BCUT2D eigenvalue weighted by atomic mass is 10.2. The van der Waals surface area contributed by atoms with Crippen LogP contribution in [0.1, 0.15) is 36.7 Å². The zero-order valence-electron chi connectivity index (χ0n) is 14.9. The molecule has 0 aromatic heterocycles. The Bertz CT molecular complexity index is 738. The van der Waals surface area contributed by atoms with E-state index in [1.807, 2.05) is 31.2 Å². The fraction of sp³-hybridized carbons (Fsp3) is 0.300. The molecular weight excluding hydrogens is 318 g/mol. The summed E-state index contributed by atoms with van der Waals surface area (Å²) in [4.78, 5) is 24.0. The highest BCUT2D eigenvalue weighted by Crippen LogP contribution is 2.16. The predicted molar refractivity (Wildman–Crippen MR) is 96.9 cm³/mol. The summed E-state index contributed by atoms with van der Waals surface area (Å²) >= 11 is 0. The van der Waals surface area contributed by atoms with Gasteiger partial charge >= 0.3 is 5.97 Å². The highest BCUT2D eigenvalue weighted by molar-refractivity contribution is 5.95. The van der Waals surface area contributed by atoms with E-state index in [1.54, 1.807) is 45.0 Å². The molecule has 0 heterocycles. The number of amides is 1. The molecule has 1 amide bonds. The monoisotopic (exact) mass is 341 g/mol. The average molecular weight is 341 g/mol. The summed E-state index contributed by atoms with van der Waals surface area (Å²) in [6.07, 6.45) is -0.820. The van der Waals surface area contributed by atoms with Crippen LogP contribution in [0.25, 0.3) is 0 Å². The second-order valence-corrected chi connectivity index (χ2v) is 6.10. The topological polar surface area (TPSA) is 64.6 Å². The van der Waals surface area contributed by atoms with Gasteiger partial charge in [-0.15, -0.1) is 0 Å². The number of hydrogen-bond acceptors (Lipinski definition) is 4.